The van der Waals surface area contributed by atoms with E-state index < -0.39 is 0 Å². The molecular formula is C18H21N5O. The number of aromatic nitrogens is 3. The van der Waals surface area contributed by atoms with Crippen LogP contribution in [-0.4, -0.2) is 45.3 Å². The van der Waals surface area contributed by atoms with Gasteiger partial charge in [0.1, 0.15) is 0 Å². The van der Waals surface area contributed by atoms with Crippen molar-refractivity contribution < 1.29 is 0 Å². The summed E-state index contributed by atoms with van der Waals surface area (Å²) < 4.78 is 3.14. The van der Waals surface area contributed by atoms with E-state index in [2.05, 4.69) is 46.1 Å². The van der Waals surface area contributed by atoms with Crippen molar-refractivity contribution in [3.8, 4) is 0 Å². The van der Waals surface area contributed by atoms with E-state index in [0.717, 1.165) is 26.2 Å². The fraction of sp³-hybridized carbons (Fsp3) is 0.333. The number of piperazine rings is 1. The van der Waals surface area contributed by atoms with Crippen molar-refractivity contribution in [2.24, 2.45) is 0 Å². The standard InChI is InChI=1S/C18H21N5O/c1-15-5-4-6-16(13-15)21-11-9-20(10-12-21)14-23-18(24)22-8-3-2-7-17(22)19-23/h2-8,13H,9-12,14H2,1H3. The molecule has 3 heterocycles. The number of nitrogens with zero attached hydrogens (tertiary/aromatic N) is 5. The normalized spacial score (nSPS) is 16.0. The molecular weight excluding hydrogens is 302 g/mol. The zero-order valence-corrected chi connectivity index (χ0v) is 13.8. The quantitative estimate of drug-likeness (QED) is 0.734. The van der Waals surface area contributed by atoms with Crippen LogP contribution >= 0.6 is 0 Å². The van der Waals surface area contributed by atoms with Crippen LogP contribution in [-0.2, 0) is 6.67 Å². The van der Waals surface area contributed by atoms with Gasteiger partial charge in [0.2, 0.25) is 0 Å². The van der Waals surface area contributed by atoms with Gasteiger partial charge >= 0.3 is 5.69 Å². The van der Waals surface area contributed by atoms with Crippen molar-refractivity contribution in [2.75, 3.05) is 31.1 Å². The van der Waals surface area contributed by atoms with Crippen LogP contribution in [0.25, 0.3) is 5.65 Å². The van der Waals surface area contributed by atoms with Crippen LogP contribution in [0.4, 0.5) is 5.69 Å². The van der Waals surface area contributed by atoms with Crippen LogP contribution in [0.5, 0.6) is 0 Å². The molecule has 1 saturated heterocycles. The molecule has 3 aromatic rings. The second kappa shape index (κ2) is 6.13. The number of benzene rings is 1. The van der Waals surface area contributed by atoms with Crippen molar-refractivity contribution in [3.63, 3.8) is 0 Å². The van der Waals surface area contributed by atoms with Crippen LogP contribution < -0.4 is 10.6 Å². The Morgan fingerprint density at radius 2 is 1.88 bits per heavy atom. The van der Waals surface area contributed by atoms with E-state index in [1.54, 1.807) is 15.3 Å². The summed E-state index contributed by atoms with van der Waals surface area (Å²) in [5, 5.41) is 4.41. The average Bonchev–Trinajstić information content (AvgIpc) is 2.92. The zero-order chi connectivity index (χ0) is 16.5. The number of hydrogen-bond donors (Lipinski definition) is 0. The summed E-state index contributed by atoms with van der Waals surface area (Å²) in [4.78, 5) is 17.0. The predicted octanol–water partition coefficient (Wildman–Crippen LogP) is 1.58. The molecule has 1 aromatic carbocycles. The van der Waals surface area contributed by atoms with Gasteiger partial charge < -0.3 is 4.90 Å². The van der Waals surface area contributed by atoms with Gasteiger partial charge in [-0.25, -0.2) is 4.79 Å². The van der Waals surface area contributed by atoms with E-state index in [1.807, 2.05) is 18.2 Å². The summed E-state index contributed by atoms with van der Waals surface area (Å²) in [7, 11) is 0. The molecule has 0 N–H and O–H groups in total. The van der Waals surface area contributed by atoms with E-state index in [4.69, 9.17) is 0 Å². The fourth-order valence-corrected chi connectivity index (χ4v) is 3.22. The van der Waals surface area contributed by atoms with Crippen LogP contribution in [0.1, 0.15) is 5.56 Å². The van der Waals surface area contributed by atoms with Crippen molar-refractivity contribution >= 4 is 11.3 Å². The molecule has 0 bridgehead atoms. The molecule has 0 aliphatic carbocycles. The summed E-state index contributed by atoms with van der Waals surface area (Å²) in [6.45, 7) is 6.44. The second-order valence-electron chi connectivity index (χ2n) is 6.30. The first-order valence-corrected chi connectivity index (χ1v) is 8.29. The Hall–Kier alpha value is -2.60. The van der Waals surface area contributed by atoms with E-state index >= 15 is 0 Å². The number of rotatable bonds is 3. The Morgan fingerprint density at radius 3 is 2.62 bits per heavy atom. The number of hydrogen-bond acceptors (Lipinski definition) is 4. The van der Waals surface area contributed by atoms with Gasteiger partial charge in [0.15, 0.2) is 5.65 Å². The highest BCUT2D eigenvalue weighted by Gasteiger charge is 2.19. The van der Waals surface area contributed by atoms with Gasteiger partial charge in [-0.2, -0.15) is 4.68 Å². The summed E-state index contributed by atoms with van der Waals surface area (Å²) >= 11 is 0. The van der Waals surface area contributed by atoms with Crippen LogP contribution in [0.15, 0.2) is 53.5 Å². The summed E-state index contributed by atoms with van der Waals surface area (Å²) in [5.74, 6) is 0. The van der Waals surface area contributed by atoms with Gasteiger partial charge in [-0.15, -0.1) is 5.10 Å². The van der Waals surface area contributed by atoms with Crippen LogP contribution in [0, 0.1) is 6.92 Å². The molecule has 124 valence electrons. The smallest absolute Gasteiger partial charge is 0.351 e. The molecule has 6 heteroatoms. The lowest BCUT2D eigenvalue weighted by atomic mass is 10.2. The third kappa shape index (κ3) is 2.80. The largest absolute Gasteiger partial charge is 0.369 e. The molecule has 0 radical (unpaired) electrons. The molecule has 24 heavy (non-hydrogen) atoms. The van der Waals surface area contributed by atoms with Crippen LogP contribution in [0.2, 0.25) is 0 Å². The van der Waals surface area contributed by atoms with E-state index in [9.17, 15) is 4.79 Å². The third-order valence-corrected chi connectivity index (χ3v) is 4.56. The summed E-state index contributed by atoms with van der Waals surface area (Å²) in [5.41, 5.74) is 3.18. The molecule has 1 aliphatic heterocycles. The minimum atomic E-state index is -0.0771. The molecule has 1 fully saturated rings. The van der Waals surface area contributed by atoms with Crippen molar-refractivity contribution in [1.82, 2.24) is 19.1 Å². The molecule has 1 aliphatic rings. The minimum Gasteiger partial charge on any atom is -0.369 e. The van der Waals surface area contributed by atoms with Gasteiger partial charge in [-0.1, -0.05) is 18.2 Å². The van der Waals surface area contributed by atoms with Gasteiger partial charge in [-0.05, 0) is 36.8 Å². The molecule has 0 saturated carbocycles. The van der Waals surface area contributed by atoms with Gasteiger partial charge in [-0.3, -0.25) is 9.30 Å². The Balaban J connectivity index is 1.44. The molecule has 0 spiro atoms. The predicted molar refractivity (Wildman–Crippen MR) is 94.4 cm³/mol. The van der Waals surface area contributed by atoms with Gasteiger partial charge in [0, 0.05) is 38.1 Å². The number of anilines is 1. The maximum atomic E-state index is 12.4. The first kappa shape index (κ1) is 15.0. The second-order valence-corrected chi connectivity index (χ2v) is 6.30. The Morgan fingerprint density at radius 1 is 1.04 bits per heavy atom. The lowest BCUT2D eigenvalue weighted by Crippen LogP contribution is -2.47. The molecule has 0 atom stereocenters. The topological polar surface area (TPSA) is 45.8 Å². The molecule has 0 amide bonds. The maximum absolute atomic E-state index is 12.4. The lowest BCUT2D eigenvalue weighted by Gasteiger charge is -2.35. The first-order valence-electron chi connectivity index (χ1n) is 8.29. The van der Waals surface area contributed by atoms with Crippen molar-refractivity contribution in [2.45, 2.75) is 13.6 Å². The Bertz CT molecular complexity index is 905. The molecule has 0 unspecified atom stereocenters. The van der Waals surface area contributed by atoms with Crippen LogP contribution in [0.3, 0.4) is 0 Å². The highest BCUT2D eigenvalue weighted by Crippen LogP contribution is 2.17. The first-order chi connectivity index (χ1) is 11.7. The number of fused-ring (bicyclic) bond motifs is 1. The van der Waals surface area contributed by atoms with E-state index in [1.165, 1.54) is 11.3 Å². The Kier molecular flexibility index (Phi) is 3.82. The highest BCUT2D eigenvalue weighted by atomic mass is 16.2. The maximum Gasteiger partial charge on any atom is 0.351 e. The van der Waals surface area contributed by atoms with E-state index in [0.29, 0.717) is 12.3 Å². The zero-order valence-electron chi connectivity index (χ0n) is 13.8. The summed E-state index contributed by atoms with van der Waals surface area (Å²) in [6.07, 6.45) is 1.76. The fourth-order valence-electron chi connectivity index (χ4n) is 3.22. The Labute approximate surface area is 140 Å². The average molecular weight is 323 g/mol. The van der Waals surface area contributed by atoms with E-state index in [-0.39, 0.29) is 5.69 Å². The van der Waals surface area contributed by atoms with Gasteiger partial charge in [0.05, 0.1) is 6.67 Å². The monoisotopic (exact) mass is 323 g/mol. The minimum absolute atomic E-state index is 0.0771. The number of aryl methyl sites for hydroxylation is 1. The molecule has 4 rings (SSSR count). The molecule has 2 aromatic heterocycles. The third-order valence-electron chi connectivity index (χ3n) is 4.56. The van der Waals surface area contributed by atoms with Crippen molar-refractivity contribution in [3.05, 3.63) is 64.7 Å². The lowest BCUT2D eigenvalue weighted by molar-refractivity contribution is 0.193. The molecule has 6 nitrogen and oxygen atoms in total. The SMILES string of the molecule is Cc1cccc(N2CCN(Cn3nc4ccccn4c3=O)CC2)c1. The number of pyridine rings is 1. The highest BCUT2D eigenvalue weighted by molar-refractivity contribution is 5.48. The summed E-state index contributed by atoms with van der Waals surface area (Å²) in [6, 6.07) is 14.2. The van der Waals surface area contributed by atoms with Crippen molar-refractivity contribution in [1.29, 1.82) is 0 Å². The van der Waals surface area contributed by atoms with Gasteiger partial charge in [0.25, 0.3) is 0 Å².